The number of hydrogen-bond acceptors (Lipinski definition) is 2. The molecule has 0 spiro atoms. The molecule has 1 fully saturated rings. The van der Waals surface area contributed by atoms with Crippen molar-refractivity contribution in [2.75, 3.05) is 7.11 Å². The summed E-state index contributed by atoms with van der Waals surface area (Å²) in [6.45, 7) is 2.36. The summed E-state index contributed by atoms with van der Waals surface area (Å²) in [6.07, 6.45) is 1.17. The highest BCUT2D eigenvalue weighted by molar-refractivity contribution is 6.98. The molecule has 26 heavy (non-hydrogen) atoms. The lowest BCUT2D eigenvalue weighted by atomic mass is 10.1. The molecule has 3 heteroatoms. The van der Waals surface area contributed by atoms with Crippen LogP contribution in [-0.2, 0) is 4.43 Å². The second kappa shape index (κ2) is 7.10. The van der Waals surface area contributed by atoms with Gasteiger partial charge >= 0.3 is 0 Å². The van der Waals surface area contributed by atoms with Crippen LogP contribution < -0.4 is 15.1 Å². The third-order valence-electron chi connectivity index (χ3n) is 5.48. The SMILES string of the molecule is COc1ccc([C@@H]2C[C@@H](C)[Si](c3ccccc3)(c3ccccc3)O2)cc1. The normalized spacial score (nSPS) is 21.5. The molecule has 4 rings (SSSR count). The van der Waals surface area contributed by atoms with Gasteiger partial charge in [-0.05, 0) is 40.0 Å². The summed E-state index contributed by atoms with van der Waals surface area (Å²) in [5.74, 6) is 0.884. The van der Waals surface area contributed by atoms with Crippen LogP contribution in [0.5, 0.6) is 5.75 Å². The van der Waals surface area contributed by atoms with Gasteiger partial charge in [-0.3, -0.25) is 0 Å². The molecule has 132 valence electrons. The lowest BCUT2D eigenvalue weighted by Gasteiger charge is -2.31. The minimum atomic E-state index is -2.29. The second-order valence-corrected chi connectivity index (χ2v) is 10.8. The Hall–Kier alpha value is -2.36. The summed E-state index contributed by atoms with van der Waals surface area (Å²) in [5, 5.41) is 2.71. The highest BCUT2D eigenvalue weighted by Crippen LogP contribution is 2.44. The monoisotopic (exact) mass is 360 g/mol. The zero-order valence-corrected chi connectivity index (χ0v) is 16.3. The van der Waals surface area contributed by atoms with E-state index >= 15 is 0 Å². The fourth-order valence-corrected chi connectivity index (χ4v) is 8.72. The van der Waals surface area contributed by atoms with Gasteiger partial charge in [-0.15, -0.1) is 0 Å². The minimum absolute atomic E-state index is 0.128. The minimum Gasteiger partial charge on any atom is -0.497 e. The van der Waals surface area contributed by atoms with Gasteiger partial charge < -0.3 is 9.16 Å². The van der Waals surface area contributed by atoms with E-state index in [1.54, 1.807) is 7.11 Å². The van der Waals surface area contributed by atoms with Crippen LogP contribution in [0.2, 0.25) is 5.54 Å². The van der Waals surface area contributed by atoms with Crippen LogP contribution in [0.4, 0.5) is 0 Å². The van der Waals surface area contributed by atoms with Gasteiger partial charge in [0.1, 0.15) is 5.75 Å². The van der Waals surface area contributed by atoms with Crippen molar-refractivity contribution in [1.82, 2.24) is 0 Å². The summed E-state index contributed by atoms with van der Waals surface area (Å²) < 4.78 is 12.3. The van der Waals surface area contributed by atoms with Crippen LogP contribution in [0.15, 0.2) is 84.9 Å². The van der Waals surface area contributed by atoms with E-state index in [4.69, 9.17) is 9.16 Å². The molecule has 1 aliphatic heterocycles. The van der Waals surface area contributed by atoms with Gasteiger partial charge in [-0.2, -0.15) is 0 Å². The Morgan fingerprint density at radius 1 is 0.808 bits per heavy atom. The molecule has 0 saturated carbocycles. The Morgan fingerprint density at radius 2 is 1.35 bits per heavy atom. The molecule has 2 nitrogen and oxygen atoms in total. The van der Waals surface area contributed by atoms with E-state index in [1.165, 1.54) is 15.9 Å². The molecule has 0 bridgehead atoms. The quantitative estimate of drug-likeness (QED) is 0.646. The van der Waals surface area contributed by atoms with E-state index in [0.29, 0.717) is 5.54 Å². The molecule has 0 N–H and O–H groups in total. The fraction of sp³-hybridized carbons (Fsp3) is 0.217. The number of hydrogen-bond donors (Lipinski definition) is 0. The number of rotatable bonds is 4. The van der Waals surface area contributed by atoms with Gasteiger partial charge in [0.2, 0.25) is 0 Å². The molecule has 1 saturated heterocycles. The van der Waals surface area contributed by atoms with Crippen LogP contribution in [0.25, 0.3) is 0 Å². The van der Waals surface area contributed by atoms with Crippen molar-refractivity contribution < 1.29 is 9.16 Å². The van der Waals surface area contributed by atoms with Crippen LogP contribution in [0.1, 0.15) is 25.0 Å². The van der Waals surface area contributed by atoms with Crippen molar-refractivity contribution in [2.45, 2.75) is 25.0 Å². The van der Waals surface area contributed by atoms with Gasteiger partial charge in [0.25, 0.3) is 8.32 Å². The molecule has 1 heterocycles. The molecule has 3 aromatic rings. The first-order chi connectivity index (χ1) is 12.7. The van der Waals surface area contributed by atoms with E-state index < -0.39 is 8.32 Å². The molecule has 2 atom stereocenters. The van der Waals surface area contributed by atoms with Crippen molar-refractivity contribution in [1.29, 1.82) is 0 Å². The standard InChI is InChI=1S/C23H24O2Si/c1-18-17-23(19-13-15-20(24-2)16-14-19)25-26(18,21-9-5-3-6-10-21)22-11-7-4-8-12-22/h3-16,18,23H,17H2,1-2H3/t18-,23+/m1/s1. The lowest BCUT2D eigenvalue weighted by Crippen LogP contribution is -2.60. The average molecular weight is 361 g/mol. The predicted octanol–water partition coefficient (Wildman–Crippen LogP) is 4.31. The lowest BCUT2D eigenvalue weighted by molar-refractivity contribution is 0.233. The maximum Gasteiger partial charge on any atom is 0.259 e. The highest BCUT2D eigenvalue weighted by Gasteiger charge is 2.52. The molecule has 0 aromatic heterocycles. The van der Waals surface area contributed by atoms with E-state index in [0.717, 1.165) is 12.2 Å². The van der Waals surface area contributed by atoms with Crippen molar-refractivity contribution in [3.63, 3.8) is 0 Å². The molecule has 0 amide bonds. The van der Waals surface area contributed by atoms with Crippen LogP contribution >= 0.6 is 0 Å². The van der Waals surface area contributed by atoms with E-state index in [2.05, 4.69) is 79.7 Å². The molecule has 1 aliphatic rings. The van der Waals surface area contributed by atoms with Gasteiger partial charge in [0, 0.05) is 0 Å². The number of ether oxygens (including phenoxy) is 1. The fourth-order valence-electron chi connectivity index (χ4n) is 4.14. The summed E-state index contributed by atoms with van der Waals surface area (Å²) >= 11 is 0. The van der Waals surface area contributed by atoms with Gasteiger partial charge in [-0.25, -0.2) is 0 Å². The Bertz CT molecular complexity index is 807. The predicted molar refractivity (Wildman–Crippen MR) is 109 cm³/mol. The molecule has 3 aromatic carbocycles. The van der Waals surface area contributed by atoms with Gasteiger partial charge in [-0.1, -0.05) is 79.7 Å². The highest BCUT2D eigenvalue weighted by atomic mass is 28.4. The maximum absolute atomic E-state index is 6.99. The number of benzene rings is 3. The molecule has 0 aliphatic carbocycles. The first kappa shape index (κ1) is 17.1. The van der Waals surface area contributed by atoms with Crippen molar-refractivity contribution >= 4 is 18.7 Å². The van der Waals surface area contributed by atoms with Gasteiger partial charge in [0.15, 0.2) is 0 Å². The summed E-state index contributed by atoms with van der Waals surface area (Å²) in [6, 6.07) is 30.0. The van der Waals surface area contributed by atoms with Crippen LogP contribution in [0.3, 0.4) is 0 Å². The first-order valence-electron chi connectivity index (χ1n) is 9.17. The molecule has 0 unspecified atom stereocenters. The summed E-state index contributed by atoms with van der Waals surface area (Å²) in [5.41, 5.74) is 1.73. The Balaban J connectivity index is 1.77. The van der Waals surface area contributed by atoms with Crippen LogP contribution in [0, 0.1) is 0 Å². The largest absolute Gasteiger partial charge is 0.497 e. The van der Waals surface area contributed by atoms with E-state index in [9.17, 15) is 0 Å². The van der Waals surface area contributed by atoms with Crippen molar-refractivity contribution in [2.24, 2.45) is 0 Å². The Kier molecular flexibility index (Phi) is 4.66. The summed E-state index contributed by atoms with van der Waals surface area (Å²) in [7, 11) is -0.587. The zero-order valence-electron chi connectivity index (χ0n) is 15.3. The molecular weight excluding hydrogens is 336 g/mol. The Labute approximate surface area is 156 Å². The topological polar surface area (TPSA) is 18.5 Å². The molecule has 0 radical (unpaired) electrons. The van der Waals surface area contributed by atoms with Crippen LogP contribution in [-0.4, -0.2) is 15.4 Å². The van der Waals surface area contributed by atoms with E-state index in [1.807, 2.05) is 12.1 Å². The van der Waals surface area contributed by atoms with Gasteiger partial charge in [0.05, 0.1) is 13.2 Å². The maximum atomic E-state index is 6.99. The zero-order chi connectivity index (χ0) is 18.0. The van der Waals surface area contributed by atoms with Crippen molar-refractivity contribution in [3.05, 3.63) is 90.5 Å². The van der Waals surface area contributed by atoms with E-state index in [-0.39, 0.29) is 6.10 Å². The first-order valence-corrected chi connectivity index (χ1v) is 11.2. The second-order valence-electron chi connectivity index (χ2n) is 6.98. The third-order valence-corrected chi connectivity index (χ3v) is 10.1. The average Bonchev–Trinajstić information content (AvgIpc) is 3.07. The smallest absolute Gasteiger partial charge is 0.259 e. The summed E-state index contributed by atoms with van der Waals surface area (Å²) in [4.78, 5) is 0. The van der Waals surface area contributed by atoms with Crippen molar-refractivity contribution in [3.8, 4) is 5.75 Å². The number of methoxy groups -OCH3 is 1. The Morgan fingerprint density at radius 3 is 1.85 bits per heavy atom. The molecular formula is C23H24O2Si. The third kappa shape index (κ3) is 2.87.